The van der Waals surface area contributed by atoms with Gasteiger partial charge in [0.2, 0.25) is 6.41 Å². The second-order valence-electron chi connectivity index (χ2n) is 6.11. The van der Waals surface area contributed by atoms with Crippen LogP contribution in [0.3, 0.4) is 0 Å². The molecule has 3 N–H and O–H groups in total. The molecule has 5 nitrogen and oxygen atoms in total. The van der Waals surface area contributed by atoms with Crippen molar-refractivity contribution >= 4 is 40.6 Å². The molecule has 0 saturated heterocycles. The van der Waals surface area contributed by atoms with Crippen LogP contribution in [0.1, 0.15) is 21.5 Å². The molecule has 0 saturated carbocycles. The first-order valence-corrected chi connectivity index (χ1v) is 9.49. The lowest BCUT2D eigenvalue weighted by Crippen LogP contribution is -2.16. The molecule has 0 unspecified atom stereocenters. The summed E-state index contributed by atoms with van der Waals surface area (Å²) in [5, 5.41) is 2.47. The molecule has 0 aliphatic carbocycles. The van der Waals surface area contributed by atoms with Crippen LogP contribution in [0, 0.1) is 15.2 Å². The van der Waals surface area contributed by atoms with Crippen LogP contribution in [0.4, 0.5) is 14.5 Å². The van der Waals surface area contributed by atoms with Crippen molar-refractivity contribution in [1.29, 1.82) is 0 Å². The van der Waals surface area contributed by atoms with E-state index in [0.717, 1.165) is 12.1 Å². The summed E-state index contributed by atoms with van der Waals surface area (Å²) in [6.45, 7) is 0. The fraction of sp³-hybridized carbons (Fsp3) is 0.0476. The molecular weight excluding hydrogens is 493 g/mol. The van der Waals surface area contributed by atoms with Crippen molar-refractivity contribution in [2.75, 3.05) is 5.32 Å². The third-order valence-corrected chi connectivity index (χ3v) is 4.75. The largest absolute Gasteiger partial charge is 0.456 e. The molecule has 0 fully saturated rings. The first kappa shape index (κ1) is 20.7. The molecule has 0 spiro atoms. The van der Waals surface area contributed by atoms with Crippen LogP contribution < -0.4 is 15.8 Å². The predicted molar refractivity (Wildman–Crippen MR) is 113 cm³/mol. The number of hydrogen-bond donors (Lipinski definition) is 2. The van der Waals surface area contributed by atoms with Gasteiger partial charge in [-0.2, -0.15) is 0 Å². The highest BCUT2D eigenvalue weighted by Crippen LogP contribution is 2.31. The van der Waals surface area contributed by atoms with E-state index >= 15 is 0 Å². The lowest BCUT2D eigenvalue weighted by atomic mass is 9.98. The Morgan fingerprint density at radius 1 is 1.10 bits per heavy atom. The van der Waals surface area contributed by atoms with Gasteiger partial charge in [0.15, 0.2) is 0 Å². The zero-order valence-corrected chi connectivity index (χ0v) is 17.1. The highest BCUT2D eigenvalue weighted by Gasteiger charge is 2.19. The second kappa shape index (κ2) is 8.99. The van der Waals surface area contributed by atoms with E-state index in [0.29, 0.717) is 21.2 Å². The van der Waals surface area contributed by atoms with Crippen LogP contribution in [0.25, 0.3) is 0 Å². The zero-order valence-electron chi connectivity index (χ0n) is 14.9. The van der Waals surface area contributed by atoms with Gasteiger partial charge in [-0.25, -0.2) is 8.78 Å². The molecule has 0 aliphatic rings. The summed E-state index contributed by atoms with van der Waals surface area (Å²) in [5.74, 6) is -1.79. The summed E-state index contributed by atoms with van der Waals surface area (Å²) in [6.07, 6.45) is 0.464. The maximum Gasteiger partial charge on any atom is 0.252 e. The minimum Gasteiger partial charge on any atom is -0.456 e. The van der Waals surface area contributed by atoms with Crippen molar-refractivity contribution in [3.05, 3.63) is 86.5 Å². The third kappa shape index (κ3) is 5.08. The monoisotopic (exact) mass is 508 g/mol. The Morgan fingerprint density at radius 2 is 1.90 bits per heavy atom. The highest BCUT2D eigenvalue weighted by molar-refractivity contribution is 14.1. The van der Waals surface area contributed by atoms with Crippen LogP contribution in [0.5, 0.6) is 11.5 Å². The Labute approximate surface area is 179 Å². The van der Waals surface area contributed by atoms with Crippen molar-refractivity contribution in [2.24, 2.45) is 5.73 Å². The Kier molecular flexibility index (Phi) is 6.42. The number of ether oxygens (including phenoxy) is 1. The summed E-state index contributed by atoms with van der Waals surface area (Å²) in [7, 11) is 0. The average Bonchev–Trinajstić information content (AvgIpc) is 2.64. The Bertz CT molecular complexity index is 1090. The van der Waals surface area contributed by atoms with Gasteiger partial charge >= 0.3 is 0 Å². The molecule has 0 aromatic heterocycles. The SMILES string of the molecule is NC(=O)c1c(Cc2ccc(I)cc2F)cc(F)cc1Oc1cccc(NC=O)c1. The third-order valence-electron chi connectivity index (χ3n) is 4.08. The average molecular weight is 508 g/mol. The van der Waals surface area contributed by atoms with E-state index in [-0.39, 0.29) is 29.0 Å². The minimum atomic E-state index is -0.830. The summed E-state index contributed by atoms with van der Waals surface area (Å²) < 4.78 is 34.9. The van der Waals surface area contributed by atoms with E-state index in [1.54, 1.807) is 30.3 Å². The number of nitrogens with two attached hydrogens (primary N) is 1. The number of rotatable bonds is 7. The van der Waals surface area contributed by atoms with Gasteiger partial charge in [0.1, 0.15) is 23.1 Å². The molecule has 3 rings (SSSR count). The van der Waals surface area contributed by atoms with Crippen molar-refractivity contribution in [3.8, 4) is 11.5 Å². The normalized spacial score (nSPS) is 10.4. The first-order valence-electron chi connectivity index (χ1n) is 8.41. The number of carbonyl (C=O) groups excluding carboxylic acids is 2. The van der Waals surface area contributed by atoms with Crippen LogP contribution >= 0.6 is 22.6 Å². The molecule has 2 amide bonds. The van der Waals surface area contributed by atoms with Crippen molar-refractivity contribution in [2.45, 2.75) is 6.42 Å². The summed E-state index contributed by atoms with van der Waals surface area (Å²) >= 11 is 1.98. The quantitative estimate of drug-likeness (QED) is 0.361. The second-order valence-corrected chi connectivity index (χ2v) is 7.35. The summed E-state index contributed by atoms with van der Waals surface area (Å²) in [4.78, 5) is 22.7. The number of primary amides is 1. The van der Waals surface area contributed by atoms with Crippen molar-refractivity contribution in [3.63, 3.8) is 0 Å². The maximum absolute atomic E-state index is 14.3. The lowest BCUT2D eigenvalue weighted by Gasteiger charge is -2.15. The highest BCUT2D eigenvalue weighted by atomic mass is 127. The number of halogens is 3. The van der Waals surface area contributed by atoms with Crippen molar-refractivity contribution in [1.82, 2.24) is 0 Å². The molecule has 0 atom stereocenters. The van der Waals surface area contributed by atoms with Gasteiger partial charge < -0.3 is 15.8 Å². The van der Waals surface area contributed by atoms with E-state index in [1.807, 2.05) is 22.6 Å². The fourth-order valence-electron chi connectivity index (χ4n) is 2.85. The van der Waals surface area contributed by atoms with Crippen LogP contribution in [0.2, 0.25) is 0 Å². The Balaban J connectivity index is 2.02. The van der Waals surface area contributed by atoms with Crippen molar-refractivity contribution < 1.29 is 23.1 Å². The van der Waals surface area contributed by atoms with Gasteiger partial charge in [0.05, 0.1) is 5.56 Å². The summed E-state index contributed by atoms with van der Waals surface area (Å²) in [6, 6.07) is 13.1. The van der Waals surface area contributed by atoms with Gasteiger partial charge in [-0.3, -0.25) is 9.59 Å². The molecule has 8 heteroatoms. The fourth-order valence-corrected chi connectivity index (χ4v) is 3.30. The van der Waals surface area contributed by atoms with Crippen LogP contribution in [0.15, 0.2) is 54.6 Å². The van der Waals surface area contributed by atoms with Crippen LogP contribution in [-0.4, -0.2) is 12.3 Å². The molecule has 0 bridgehead atoms. The smallest absolute Gasteiger partial charge is 0.252 e. The minimum absolute atomic E-state index is 0.0398. The van der Waals surface area contributed by atoms with E-state index in [9.17, 15) is 18.4 Å². The molecule has 148 valence electrons. The first-order chi connectivity index (χ1) is 13.9. The molecule has 0 radical (unpaired) electrons. The molecular formula is C21H15F2IN2O3. The number of hydrogen-bond acceptors (Lipinski definition) is 3. The molecule has 3 aromatic carbocycles. The predicted octanol–water partition coefficient (Wildman–Crippen LogP) is 4.62. The van der Waals surface area contributed by atoms with Gasteiger partial charge in [0.25, 0.3) is 5.91 Å². The lowest BCUT2D eigenvalue weighted by molar-refractivity contribution is -0.105. The van der Waals surface area contributed by atoms with E-state index in [1.165, 1.54) is 12.1 Å². The molecule has 3 aromatic rings. The topological polar surface area (TPSA) is 81.4 Å². The standard InChI is InChI=1S/C21H15F2IN2O3/c22-14-7-13(6-12-4-5-15(24)9-18(12)23)20(21(25)28)19(8-14)29-17-3-1-2-16(10-17)26-11-27/h1-5,7-11H,6H2,(H2,25,28)(H,26,27). The zero-order chi connectivity index (χ0) is 21.0. The summed E-state index contributed by atoms with van der Waals surface area (Å²) in [5.41, 5.74) is 6.43. The Morgan fingerprint density at radius 3 is 2.59 bits per heavy atom. The number of anilines is 1. The van der Waals surface area contributed by atoms with Gasteiger partial charge in [0, 0.05) is 27.8 Å². The number of nitrogens with one attached hydrogen (secondary N) is 1. The molecule has 0 heterocycles. The van der Waals surface area contributed by atoms with E-state index in [2.05, 4.69) is 5.32 Å². The van der Waals surface area contributed by atoms with Gasteiger partial charge in [-0.05, 0) is 64.0 Å². The van der Waals surface area contributed by atoms with E-state index < -0.39 is 17.5 Å². The van der Waals surface area contributed by atoms with E-state index in [4.69, 9.17) is 10.5 Å². The number of benzene rings is 3. The molecule has 29 heavy (non-hydrogen) atoms. The maximum atomic E-state index is 14.3. The molecule has 0 aliphatic heterocycles. The van der Waals surface area contributed by atoms with Crippen LogP contribution in [-0.2, 0) is 11.2 Å². The number of carbonyl (C=O) groups is 2. The Hall–Kier alpha value is -3.01. The van der Waals surface area contributed by atoms with Gasteiger partial charge in [-0.1, -0.05) is 12.1 Å². The number of amides is 2. The van der Waals surface area contributed by atoms with Gasteiger partial charge in [-0.15, -0.1) is 0 Å².